The summed E-state index contributed by atoms with van der Waals surface area (Å²) >= 11 is 0. The molecule has 1 amide bonds. The summed E-state index contributed by atoms with van der Waals surface area (Å²) in [5.41, 5.74) is 0.610. The fourth-order valence-corrected chi connectivity index (χ4v) is 4.27. The maximum Gasteiger partial charge on any atom is 0.224 e. The lowest BCUT2D eigenvalue weighted by Gasteiger charge is -2.21. The maximum atomic E-state index is 12.0. The first kappa shape index (κ1) is 14.8. The van der Waals surface area contributed by atoms with E-state index < -0.39 is 9.84 Å². The molecule has 110 valence electrons. The molecule has 0 aromatic heterocycles. The summed E-state index contributed by atoms with van der Waals surface area (Å²) in [5.74, 6) is 0.710. The number of para-hydroxylation sites is 2. The van der Waals surface area contributed by atoms with Gasteiger partial charge in [-0.05, 0) is 30.9 Å². The molecule has 0 spiro atoms. The summed E-state index contributed by atoms with van der Waals surface area (Å²) < 4.78 is 28.3. The van der Waals surface area contributed by atoms with Crippen LogP contribution in [-0.4, -0.2) is 32.9 Å². The fraction of sp³-hybridized carbons (Fsp3) is 0.500. The fourth-order valence-electron chi connectivity index (χ4n) is 2.49. The molecule has 1 atom stereocenters. The summed E-state index contributed by atoms with van der Waals surface area (Å²) in [6.07, 6.45) is 1.67. The van der Waals surface area contributed by atoms with Crippen LogP contribution < -0.4 is 10.1 Å². The van der Waals surface area contributed by atoms with Crippen molar-refractivity contribution in [1.82, 2.24) is 0 Å². The highest BCUT2D eigenvalue weighted by Gasteiger charge is 2.26. The molecular weight excluding hydrogens is 278 g/mol. The Balaban J connectivity index is 1.95. The Kier molecular flexibility index (Phi) is 4.65. The van der Waals surface area contributed by atoms with Crippen LogP contribution in [0.2, 0.25) is 0 Å². The van der Waals surface area contributed by atoms with E-state index in [9.17, 15) is 13.2 Å². The van der Waals surface area contributed by atoms with E-state index in [0.717, 1.165) is 6.42 Å². The molecule has 1 aliphatic heterocycles. The van der Waals surface area contributed by atoms with Gasteiger partial charge in [-0.1, -0.05) is 12.1 Å². The molecular formula is C14H19NO4S. The Morgan fingerprint density at radius 1 is 1.40 bits per heavy atom. The molecule has 1 N–H and O–H groups in total. The van der Waals surface area contributed by atoms with E-state index in [2.05, 4.69) is 5.32 Å². The number of amides is 1. The van der Waals surface area contributed by atoms with E-state index in [1.54, 1.807) is 19.2 Å². The van der Waals surface area contributed by atoms with Crippen LogP contribution in [-0.2, 0) is 14.6 Å². The quantitative estimate of drug-likeness (QED) is 0.920. The predicted molar refractivity (Wildman–Crippen MR) is 77.6 cm³/mol. The maximum absolute atomic E-state index is 12.0. The van der Waals surface area contributed by atoms with Gasteiger partial charge in [-0.3, -0.25) is 4.79 Å². The molecule has 5 nitrogen and oxygen atoms in total. The molecule has 1 aliphatic rings. The van der Waals surface area contributed by atoms with Crippen LogP contribution in [0.4, 0.5) is 5.69 Å². The number of nitrogens with one attached hydrogen (secondary N) is 1. The normalized spacial score (nSPS) is 21.1. The first-order valence-electron chi connectivity index (χ1n) is 6.63. The molecule has 1 aromatic carbocycles. The highest BCUT2D eigenvalue weighted by atomic mass is 32.2. The summed E-state index contributed by atoms with van der Waals surface area (Å²) in [6.45, 7) is 0. The number of methoxy groups -OCH3 is 1. The second-order valence-electron chi connectivity index (χ2n) is 5.08. The Morgan fingerprint density at radius 2 is 2.15 bits per heavy atom. The molecule has 1 heterocycles. The van der Waals surface area contributed by atoms with Crippen molar-refractivity contribution in [2.24, 2.45) is 5.92 Å². The monoisotopic (exact) mass is 297 g/mol. The van der Waals surface area contributed by atoms with Crippen LogP contribution in [0.1, 0.15) is 19.3 Å². The average molecular weight is 297 g/mol. The van der Waals surface area contributed by atoms with Crippen LogP contribution in [0.3, 0.4) is 0 Å². The smallest absolute Gasteiger partial charge is 0.224 e. The van der Waals surface area contributed by atoms with E-state index in [4.69, 9.17) is 4.74 Å². The zero-order valence-electron chi connectivity index (χ0n) is 11.5. The summed E-state index contributed by atoms with van der Waals surface area (Å²) in [5, 5.41) is 2.78. The Morgan fingerprint density at radius 3 is 2.85 bits per heavy atom. The number of benzene rings is 1. The number of ether oxygens (including phenoxy) is 1. The van der Waals surface area contributed by atoms with E-state index >= 15 is 0 Å². The summed E-state index contributed by atoms with van der Waals surface area (Å²) in [7, 11) is -1.43. The molecule has 1 aromatic rings. The highest BCUT2D eigenvalue weighted by Crippen LogP contribution is 2.25. The van der Waals surface area contributed by atoms with Crippen LogP contribution in [0.25, 0.3) is 0 Å². The average Bonchev–Trinajstić information content (AvgIpc) is 2.38. The molecule has 1 saturated heterocycles. The Hall–Kier alpha value is -1.56. The summed E-state index contributed by atoms with van der Waals surface area (Å²) in [4.78, 5) is 12.0. The van der Waals surface area contributed by atoms with E-state index in [0.29, 0.717) is 17.9 Å². The predicted octanol–water partition coefficient (Wildman–Crippen LogP) is 1.85. The SMILES string of the molecule is COc1ccccc1NC(=O)CC1CCCS(=O)(=O)C1. The zero-order valence-corrected chi connectivity index (χ0v) is 12.3. The Labute approximate surface area is 119 Å². The standard InChI is InChI=1S/C14H19NO4S/c1-19-13-7-3-2-6-12(13)15-14(16)9-11-5-4-8-20(17,18)10-11/h2-3,6-7,11H,4-5,8-10H2,1H3,(H,15,16). The third kappa shape index (κ3) is 3.96. The van der Waals surface area contributed by atoms with Crippen molar-refractivity contribution in [2.75, 3.05) is 23.9 Å². The molecule has 0 saturated carbocycles. The van der Waals surface area contributed by atoms with E-state index in [-0.39, 0.29) is 29.8 Å². The number of hydrogen-bond donors (Lipinski definition) is 1. The number of carbonyl (C=O) groups excluding carboxylic acids is 1. The second-order valence-corrected chi connectivity index (χ2v) is 7.30. The van der Waals surface area contributed by atoms with Gasteiger partial charge in [0.2, 0.25) is 5.91 Å². The van der Waals surface area contributed by atoms with Crippen molar-refractivity contribution in [3.05, 3.63) is 24.3 Å². The van der Waals surface area contributed by atoms with Gasteiger partial charge in [0, 0.05) is 6.42 Å². The highest BCUT2D eigenvalue weighted by molar-refractivity contribution is 7.91. The van der Waals surface area contributed by atoms with Gasteiger partial charge in [0.1, 0.15) is 5.75 Å². The van der Waals surface area contributed by atoms with Gasteiger partial charge < -0.3 is 10.1 Å². The van der Waals surface area contributed by atoms with Gasteiger partial charge in [-0.15, -0.1) is 0 Å². The zero-order chi connectivity index (χ0) is 14.6. The number of carbonyl (C=O) groups is 1. The lowest BCUT2D eigenvalue weighted by molar-refractivity contribution is -0.117. The van der Waals surface area contributed by atoms with E-state index in [1.165, 1.54) is 0 Å². The first-order valence-corrected chi connectivity index (χ1v) is 8.45. The van der Waals surface area contributed by atoms with Crippen molar-refractivity contribution in [3.8, 4) is 5.75 Å². The van der Waals surface area contributed by atoms with Crippen molar-refractivity contribution in [2.45, 2.75) is 19.3 Å². The number of rotatable bonds is 4. The lowest BCUT2D eigenvalue weighted by Crippen LogP contribution is -2.28. The Bertz CT molecular complexity index is 583. The largest absolute Gasteiger partial charge is 0.495 e. The van der Waals surface area contributed by atoms with Crippen molar-refractivity contribution in [1.29, 1.82) is 0 Å². The number of anilines is 1. The molecule has 1 fully saturated rings. The van der Waals surface area contributed by atoms with Gasteiger partial charge in [0.05, 0.1) is 24.3 Å². The number of sulfone groups is 1. The van der Waals surface area contributed by atoms with E-state index in [1.807, 2.05) is 12.1 Å². The van der Waals surface area contributed by atoms with Crippen LogP contribution in [0.5, 0.6) is 5.75 Å². The van der Waals surface area contributed by atoms with Crippen LogP contribution in [0.15, 0.2) is 24.3 Å². The minimum atomic E-state index is -2.97. The lowest BCUT2D eigenvalue weighted by atomic mass is 10.0. The third-order valence-corrected chi connectivity index (χ3v) is 5.30. The van der Waals surface area contributed by atoms with Crippen LogP contribution >= 0.6 is 0 Å². The minimum Gasteiger partial charge on any atom is -0.495 e. The van der Waals surface area contributed by atoms with Crippen LogP contribution in [0, 0.1) is 5.92 Å². The molecule has 1 unspecified atom stereocenters. The second kappa shape index (κ2) is 6.26. The summed E-state index contributed by atoms with van der Waals surface area (Å²) in [6, 6.07) is 7.15. The third-order valence-electron chi connectivity index (χ3n) is 3.41. The van der Waals surface area contributed by atoms with Gasteiger partial charge in [0.15, 0.2) is 9.84 Å². The molecule has 2 rings (SSSR count). The van der Waals surface area contributed by atoms with Gasteiger partial charge in [-0.25, -0.2) is 8.42 Å². The van der Waals surface area contributed by atoms with Gasteiger partial charge in [-0.2, -0.15) is 0 Å². The molecule has 0 radical (unpaired) electrons. The van der Waals surface area contributed by atoms with Gasteiger partial charge >= 0.3 is 0 Å². The first-order chi connectivity index (χ1) is 9.50. The molecule has 6 heteroatoms. The van der Waals surface area contributed by atoms with Crippen molar-refractivity contribution in [3.63, 3.8) is 0 Å². The number of hydrogen-bond acceptors (Lipinski definition) is 4. The molecule has 0 aliphatic carbocycles. The minimum absolute atomic E-state index is 0.0801. The molecule has 20 heavy (non-hydrogen) atoms. The topological polar surface area (TPSA) is 72.5 Å². The van der Waals surface area contributed by atoms with Crippen molar-refractivity contribution >= 4 is 21.4 Å². The van der Waals surface area contributed by atoms with Gasteiger partial charge in [0.25, 0.3) is 0 Å². The molecule has 0 bridgehead atoms. The van der Waals surface area contributed by atoms with Crippen molar-refractivity contribution < 1.29 is 17.9 Å².